The maximum Gasteiger partial charge on any atom is 0.228 e. The van der Waals surface area contributed by atoms with Gasteiger partial charge in [-0.05, 0) is 20.9 Å². The summed E-state index contributed by atoms with van der Waals surface area (Å²) in [7, 11) is 1.83. The summed E-state index contributed by atoms with van der Waals surface area (Å²) in [6, 6.07) is -1.06. The van der Waals surface area contributed by atoms with Crippen molar-refractivity contribution in [3.8, 4) is 0 Å². The second kappa shape index (κ2) is 5.77. The molecule has 18 heavy (non-hydrogen) atoms. The fourth-order valence-corrected chi connectivity index (χ4v) is 2.30. The van der Waals surface area contributed by atoms with Crippen molar-refractivity contribution < 1.29 is 14.4 Å². The first-order valence-corrected chi connectivity index (χ1v) is 6.05. The molecule has 1 aliphatic heterocycles. The first-order chi connectivity index (χ1) is 8.28. The standard InChI is InChI=1S/C12H22N2O4/c1-6-7-13(5)11(9(2)14(15)16)10-8-17-12(3,4)18-10/h6,9-11H,1,7-8H2,2-5H3/t9-,10-,11-/m0/s1. The van der Waals surface area contributed by atoms with Crippen LogP contribution in [0, 0.1) is 10.1 Å². The molecule has 1 saturated heterocycles. The lowest BCUT2D eigenvalue weighted by atomic mass is 10.0. The summed E-state index contributed by atoms with van der Waals surface area (Å²) in [5, 5.41) is 11.0. The van der Waals surface area contributed by atoms with Gasteiger partial charge in [0.1, 0.15) is 12.1 Å². The molecule has 0 aromatic rings. The fraction of sp³-hybridized carbons (Fsp3) is 0.833. The van der Waals surface area contributed by atoms with E-state index in [1.54, 1.807) is 13.0 Å². The molecular weight excluding hydrogens is 236 g/mol. The monoisotopic (exact) mass is 258 g/mol. The zero-order valence-corrected chi connectivity index (χ0v) is 11.5. The highest BCUT2D eigenvalue weighted by Crippen LogP contribution is 2.27. The second-order valence-corrected chi connectivity index (χ2v) is 5.11. The summed E-state index contributed by atoms with van der Waals surface area (Å²) < 4.78 is 11.2. The van der Waals surface area contributed by atoms with Crippen molar-refractivity contribution in [1.29, 1.82) is 0 Å². The minimum atomic E-state index is -0.725. The zero-order valence-electron chi connectivity index (χ0n) is 11.5. The smallest absolute Gasteiger partial charge is 0.228 e. The van der Waals surface area contributed by atoms with Crippen LogP contribution in [0.3, 0.4) is 0 Å². The van der Waals surface area contributed by atoms with Crippen molar-refractivity contribution in [3.63, 3.8) is 0 Å². The van der Waals surface area contributed by atoms with Gasteiger partial charge in [-0.15, -0.1) is 6.58 Å². The van der Waals surface area contributed by atoms with Crippen LogP contribution in [0.5, 0.6) is 0 Å². The summed E-state index contributed by atoms with van der Waals surface area (Å²) in [4.78, 5) is 12.6. The predicted octanol–water partition coefficient (Wildman–Crippen LogP) is 1.29. The molecule has 0 unspecified atom stereocenters. The lowest BCUT2D eigenvalue weighted by Crippen LogP contribution is -2.52. The third-order valence-electron chi connectivity index (χ3n) is 3.16. The molecule has 0 spiro atoms. The van der Waals surface area contributed by atoms with E-state index in [1.807, 2.05) is 25.8 Å². The number of nitro groups is 1. The van der Waals surface area contributed by atoms with Crippen molar-refractivity contribution in [2.45, 2.75) is 44.7 Å². The van der Waals surface area contributed by atoms with Crippen LogP contribution >= 0.6 is 0 Å². The Hall–Kier alpha value is -0.980. The van der Waals surface area contributed by atoms with E-state index in [4.69, 9.17) is 9.47 Å². The van der Waals surface area contributed by atoms with Crippen LogP contribution in [0.1, 0.15) is 20.8 Å². The first-order valence-electron chi connectivity index (χ1n) is 6.05. The Kier molecular flexibility index (Phi) is 4.84. The van der Waals surface area contributed by atoms with E-state index in [1.165, 1.54) is 0 Å². The Morgan fingerprint density at radius 3 is 2.67 bits per heavy atom. The number of likely N-dealkylation sites (N-methyl/N-ethyl adjacent to an activating group) is 1. The van der Waals surface area contributed by atoms with Crippen molar-refractivity contribution >= 4 is 0 Å². The van der Waals surface area contributed by atoms with Crippen LogP contribution in [-0.2, 0) is 9.47 Å². The third kappa shape index (κ3) is 3.51. The Balaban J connectivity index is 2.84. The van der Waals surface area contributed by atoms with Crippen LogP contribution in [0.25, 0.3) is 0 Å². The Morgan fingerprint density at radius 2 is 2.28 bits per heavy atom. The van der Waals surface area contributed by atoms with E-state index in [-0.39, 0.29) is 17.1 Å². The van der Waals surface area contributed by atoms with Crippen molar-refractivity contribution in [2.75, 3.05) is 20.2 Å². The molecule has 104 valence electrons. The highest BCUT2D eigenvalue weighted by Gasteiger charge is 2.44. The lowest BCUT2D eigenvalue weighted by molar-refractivity contribution is -0.528. The van der Waals surface area contributed by atoms with Gasteiger partial charge in [-0.1, -0.05) is 6.08 Å². The maximum atomic E-state index is 11.0. The lowest BCUT2D eigenvalue weighted by Gasteiger charge is -2.31. The van der Waals surface area contributed by atoms with Gasteiger partial charge >= 0.3 is 0 Å². The quantitative estimate of drug-likeness (QED) is 0.408. The van der Waals surface area contributed by atoms with E-state index >= 15 is 0 Å². The van der Waals surface area contributed by atoms with Crippen molar-refractivity contribution in [1.82, 2.24) is 4.90 Å². The molecule has 0 aromatic heterocycles. The normalized spacial score (nSPS) is 25.9. The van der Waals surface area contributed by atoms with E-state index in [9.17, 15) is 10.1 Å². The molecule has 1 heterocycles. The summed E-state index contributed by atoms with van der Waals surface area (Å²) in [6.07, 6.45) is 1.42. The van der Waals surface area contributed by atoms with Crippen LogP contribution < -0.4 is 0 Å². The minimum absolute atomic E-state index is 0.279. The highest BCUT2D eigenvalue weighted by molar-refractivity contribution is 4.89. The van der Waals surface area contributed by atoms with Crippen LogP contribution in [-0.4, -0.2) is 54.0 Å². The van der Waals surface area contributed by atoms with E-state index < -0.39 is 11.8 Å². The second-order valence-electron chi connectivity index (χ2n) is 5.11. The zero-order chi connectivity index (χ0) is 13.9. The van der Waals surface area contributed by atoms with Gasteiger partial charge in [-0.2, -0.15) is 0 Å². The summed E-state index contributed by atoms with van der Waals surface area (Å²) in [6.45, 7) is 9.83. The highest BCUT2D eigenvalue weighted by atomic mass is 16.7. The van der Waals surface area contributed by atoms with Gasteiger partial charge in [0.15, 0.2) is 5.79 Å². The Labute approximate surface area is 108 Å². The maximum absolute atomic E-state index is 11.0. The summed E-state index contributed by atoms with van der Waals surface area (Å²) in [5.41, 5.74) is 0. The van der Waals surface area contributed by atoms with Crippen molar-refractivity contribution in [2.24, 2.45) is 0 Å². The van der Waals surface area contributed by atoms with E-state index in [0.717, 1.165) is 0 Å². The molecule has 6 heteroatoms. The van der Waals surface area contributed by atoms with Gasteiger partial charge in [-0.3, -0.25) is 15.0 Å². The van der Waals surface area contributed by atoms with Gasteiger partial charge < -0.3 is 9.47 Å². The Morgan fingerprint density at radius 1 is 1.67 bits per heavy atom. The van der Waals surface area contributed by atoms with Gasteiger partial charge in [0.2, 0.25) is 6.04 Å². The Bertz CT molecular complexity index is 319. The van der Waals surface area contributed by atoms with Crippen LogP contribution in [0.15, 0.2) is 12.7 Å². The molecule has 1 aliphatic rings. The number of hydrogen-bond donors (Lipinski definition) is 0. The summed E-state index contributed by atoms with van der Waals surface area (Å²) >= 11 is 0. The molecule has 0 aliphatic carbocycles. The van der Waals surface area contributed by atoms with Gasteiger partial charge in [0, 0.05) is 18.4 Å². The molecular formula is C12H22N2O4. The number of nitrogens with zero attached hydrogens (tertiary/aromatic N) is 2. The number of hydrogen-bond acceptors (Lipinski definition) is 5. The SMILES string of the molecule is C=CCN(C)[C@H]([C@@H]1COC(C)(C)O1)[C@H](C)[N+](=O)[O-]. The molecule has 0 amide bonds. The minimum Gasteiger partial charge on any atom is -0.348 e. The average molecular weight is 258 g/mol. The molecule has 1 rings (SSSR count). The van der Waals surface area contributed by atoms with E-state index in [2.05, 4.69) is 6.58 Å². The average Bonchev–Trinajstić information content (AvgIpc) is 2.59. The van der Waals surface area contributed by atoms with Gasteiger partial charge in [0.25, 0.3) is 0 Å². The number of rotatable bonds is 6. The molecule has 0 saturated carbocycles. The molecule has 6 nitrogen and oxygen atoms in total. The predicted molar refractivity (Wildman–Crippen MR) is 68.0 cm³/mol. The number of ether oxygens (including phenoxy) is 2. The van der Waals surface area contributed by atoms with Crippen LogP contribution in [0.4, 0.5) is 0 Å². The summed E-state index contributed by atoms with van der Waals surface area (Å²) in [5.74, 6) is -0.672. The fourth-order valence-electron chi connectivity index (χ4n) is 2.30. The topological polar surface area (TPSA) is 64.8 Å². The van der Waals surface area contributed by atoms with Crippen molar-refractivity contribution in [3.05, 3.63) is 22.8 Å². The van der Waals surface area contributed by atoms with E-state index in [0.29, 0.717) is 13.2 Å². The van der Waals surface area contributed by atoms with Crippen LogP contribution in [0.2, 0.25) is 0 Å². The van der Waals surface area contributed by atoms with Gasteiger partial charge in [-0.25, -0.2) is 0 Å². The first kappa shape index (κ1) is 15.1. The molecule has 0 aromatic carbocycles. The molecule has 0 N–H and O–H groups in total. The molecule has 0 bridgehead atoms. The van der Waals surface area contributed by atoms with Gasteiger partial charge in [0.05, 0.1) is 6.61 Å². The third-order valence-corrected chi connectivity index (χ3v) is 3.16. The largest absolute Gasteiger partial charge is 0.348 e. The molecule has 3 atom stereocenters. The molecule has 0 radical (unpaired) electrons. The molecule has 1 fully saturated rings.